The van der Waals surface area contributed by atoms with Crippen molar-refractivity contribution in [1.29, 1.82) is 0 Å². The number of rotatable bonds is 3. The lowest BCUT2D eigenvalue weighted by molar-refractivity contribution is 1.63. The molecule has 0 heterocycles. The van der Waals surface area contributed by atoms with Gasteiger partial charge in [-0.1, -0.05) is 146 Å². The largest absolute Gasteiger partial charge is 0.0616 e. The predicted molar refractivity (Wildman–Crippen MR) is 173 cm³/mol. The summed E-state index contributed by atoms with van der Waals surface area (Å²) in [4.78, 5) is 0. The average molecular weight is 507 g/mol. The van der Waals surface area contributed by atoms with E-state index in [1.165, 1.54) is 76.5 Å². The van der Waals surface area contributed by atoms with Gasteiger partial charge in [-0.05, 0) is 88.6 Å². The maximum Gasteiger partial charge on any atom is -0.00204 e. The first-order valence-electron chi connectivity index (χ1n) is 13.9. The summed E-state index contributed by atoms with van der Waals surface area (Å²) in [7, 11) is 0. The molecule has 0 atom stereocenters. The van der Waals surface area contributed by atoms with E-state index in [9.17, 15) is 0 Å². The lowest BCUT2D eigenvalue weighted by Gasteiger charge is -2.17. The quantitative estimate of drug-likeness (QED) is 0.209. The first-order valence-corrected chi connectivity index (χ1v) is 13.9. The lowest BCUT2D eigenvalue weighted by Crippen LogP contribution is -1.90. The number of hydrogen-bond donors (Lipinski definition) is 0. The van der Waals surface area contributed by atoms with Gasteiger partial charge in [-0.3, -0.25) is 0 Å². The Kier molecular flexibility index (Phi) is 5.24. The topological polar surface area (TPSA) is 0 Å². The van der Waals surface area contributed by atoms with Crippen molar-refractivity contribution in [3.63, 3.8) is 0 Å². The van der Waals surface area contributed by atoms with Crippen LogP contribution in [0.3, 0.4) is 0 Å². The Balaban J connectivity index is 1.42. The van der Waals surface area contributed by atoms with Crippen LogP contribution in [0.25, 0.3) is 76.5 Å². The van der Waals surface area contributed by atoms with Gasteiger partial charge in [0.1, 0.15) is 0 Å². The van der Waals surface area contributed by atoms with E-state index < -0.39 is 0 Å². The standard InChI is InChI=1S/C40H26/c1-4-18-32-27(11-1)14-8-21-34(32)29-16-7-17-30(25-29)39-26-31-13-3-6-20-35(31)40-37(23-10-24-38(39)40)36-22-9-15-28-12-2-5-19-33(28)36/h1-26H. The predicted octanol–water partition coefficient (Wildman–Crippen LogP) is 11.3. The van der Waals surface area contributed by atoms with E-state index in [0.29, 0.717) is 0 Å². The summed E-state index contributed by atoms with van der Waals surface area (Å²) in [5.74, 6) is 0. The van der Waals surface area contributed by atoms with Gasteiger partial charge in [0.15, 0.2) is 0 Å². The molecule has 0 N–H and O–H groups in total. The van der Waals surface area contributed by atoms with E-state index in [1.807, 2.05) is 0 Å². The van der Waals surface area contributed by atoms with Crippen molar-refractivity contribution >= 4 is 43.1 Å². The molecular formula is C40H26. The Bertz CT molecular complexity index is 2210. The van der Waals surface area contributed by atoms with Crippen molar-refractivity contribution in [3.8, 4) is 33.4 Å². The number of benzene rings is 8. The van der Waals surface area contributed by atoms with Gasteiger partial charge in [0.2, 0.25) is 0 Å². The maximum absolute atomic E-state index is 2.37. The first kappa shape index (κ1) is 22.8. The Morgan fingerprint density at radius 1 is 0.250 bits per heavy atom. The Hall–Kier alpha value is -5.20. The normalized spacial score (nSPS) is 11.5. The zero-order valence-electron chi connectivity index (χ0n) is 22.0. The summed E-state index contributed by atoms with van der Waals surface area (Å²) >= 11 is 0. The summed E-state index contributed by atoms with van der Waals surface area (Å²) in [6, 6.07) is 57.6. The number of hydrogen-bond acceptors (Lipinski definition) is 0. The van der Waals surface area contributed by atoms with Crippen molar-refractivity contribution in [3.05, 3.63) is 158 Å². The van der Waals surface area contributed by atoms with Crippen molar-refractivity contribution in [1.82, 2.24) is 0 Å². The monoisotopic (exact) mass is 506 g/mol. The van der Waals surface area contributed by atoms with Crippen LogP contribution >= 0.6 is 0 Å². The van der Waals surface area contributed by atoms with Crippen LogP contribution in [0.15, 0.2) is 158 Å². The summed E-state index contributed by atoms with van der Waals surface area (Å²) in [6.07, 6.45) is 0. The SMILES string of the molecule is c1cc(-c2cccc3ccccc23)cc(-c2cc3ccccc3c3c(-c4cccc5ccccc45)cccc23)c1. The van der Waals surface area contributed by atoms with Crippen LogP contribution in [0.1, 0.15) is 0 Å². The van der Waals surface area contributed by atoms with E-state index in [0.717, 1.165) is 0 Å². The summed E-state index contributed by atoms with van der Waals surface area (Å²) in [6.45, 7) is 0. The fourth-order valence-corrected chi connectivity index (χ4v) is 6.41. The van der Waals surface area contributed by atoms with Gasteiger partial charge < -0.3 is 0 Å². The molecule has 0 radical (unpaired) electrons. The van der Waals surface area contributed by atoms with Crippen LogP contribution in [0.2, 0.25) is 0 Å². The van der Waals surface area contributed by atoms with Crippen molar-refractivity contribution in [2.75, 3.05) is 0 Å². The summed E-state index contributed by atoms with van der Waals surface area (Å²) in [5, 5.41) is 10.2. The van der Waals surface area contributed by atoms with E-state index in [2.05, 4.69) is 158 Å². The molecule has 0 amide bonds. The van der Waals surface area contributed by atoms with Crippen molar-refractivity contribution in [2.45, 2.75) is 0 Å². The Labute approximate surface area is 233 Å². The van der Waals surface area contributed by atoms with Gasteiger partial charge in [-0.15, -0.1) is 0 Å². The first-order chi connectivity index (χ1) is 19.8. The van der Waals surface area contributed by atoms with Gasteiger partial charge in [0.25, 0.3) is 0 Å². The van der Waals surface area contributed by atoms with Gasteiger partial charge in [-0.25, -0.2) is 0 Å². The molecule has 0 aliphatic carbocycles. The highest BCUT2D eigenvalue weighted by molar-refractivity contribution is 6.21. The van der Waals surface area contributed by atoms with Crippen LogP contribution in [0, 0.1) is 0 Å². The summed E-state index contributed by atoms with van der Waals surface area (Å²) in [5.41, 5.74) is 7.55. The smallest absolute Gasteiger partial charge is 0.00204 e. The van der Waals surface area contributed by atoms with Crippen LogP contribution in [0.4, 0.5) is 0 Å². The molecule has 0 aliphatic rings. The molecule has 8 aromatic carbocycles. The molecule has 0 nitrogen and oxygen atoms in total. The highest BCUT2D eigenvalue weighted by atomic mass is 14.2. The zero-order valence-corrected chi connectivity index (χ0v) is 22.0. The molecule has 8 rings (SSSR count). The second kappa shape index (κ2) is 9.22. The molecule has 0 heteroatoms. The third-order valence-electron chi connectivity index (χ3n) is 8.24. The molecule has 0 aliphatic heterocycles. The minimum absolute atomic E-state index is 1.23. The van der Waals surface area contributed by atoms with Gasteiger partial charge >= 0.3 is 0 Å². The molecule has 0 fully saturated rings. The third kappa shape index (κ3) is 3.61. The van der Waals surface area contributed by atoms with E-state index >= 15 is 0 Å². The molecular weight excluding hydrogens is 480 g/mol. The second-order valence-corrected chi connectivity index (χ2v) is 10.5. The lowest BCUT2D eigenvalue weighted by atomic mass is 9.87. The maximum atomic E-state index is 2.37. The molecule has 40 heavy (non-hydrogen) atoms. The van der Waals surface area contributed by atoms with Gasteiger partial charge in [0, 0.05) is 0 Å². The van der Waals surface area contributed by atoms with Crippen molar-refractivity contribution in [2.24, 2.45) is 0 Å². The summed E-state index contributed by atoms with van der Waals surface area (Å²) < 4.78 is 0. The Morgan fingerprint density at radius 2 is 0.725 bits per heavy atom. The molecule has 0 saturated heterocycles. The fraction of sp³-hybridized carbons (Fsp3) is 0. The van der Waals surface area contributed by atoms with Crippen LogP contribution in [-0.4, -0.2) is 0 Å². The molecule has 0 bridgehead atoms. The van der Waals surface area contributed by atoms with E-state index in [1.54, 1.807) is 0 Å². The average Bonchev–Trinajstić information content (AvgIpc) is 3.03. The zero-order chi connectivity index (χ0) is 26.5. The fourth-order valence-electron chi connectivity index (χ4n) is 6.41. The second-order valence-electron chi connectivity index (χ2n) is 10.5. The van der Waals surface area contributed by atoms with E-state index in [4.69, 9.17) is 0 Å². The van der Waals surface area contributed by atoms with Crippen LogP contribution in [-0.2, 0) is 0 Å². The number of fused-ring (bicyclic) bond motifs is 5. The van der Waals surface area contributed by atoms with Crippen LogP contribution in [0.5, 0.6) is 0 Å². The van der Waals surface area contributed by atoms with E-state index in [-0.39, 0.29) is 0 Å². The molecule has 186 valence electrons. The van der Waals surface area contributed by atoms with Gasteiger partial charge in [0.05, 0.1) is 0 Å². The highest BCUT2D eigenvalue weighted by Gasteiger charge is 2.15. The van der Waals surface area contributed by atoms with Gasteiger partial charge in [-0.2, -0.15) is 0 Å². The molecule has 0 aromatic heterocycles. The third-order valence-corrected chi connectivity index (χ3v) is 8.24. The minimum atomic E-state index is 1.23. The van der Waals surface area contributed by atoms with Crippen LogP contribution < -0.4 is 0 Å². The molecule has 0 saturated carbocycles. The van der Waals surface area contributed by atoms with Crippen molar-refractivity contribution < 1.29 is 0 Å². The molecule has 8 aromatic rings. The minimum Gasteiger partial charge on any atom is -0.0616 e. The Morgan fingerprint density at radius 3 is 1.48 bits per heavy atom. The molecule has 0 unspecified atom stereocenters. The highest BCUT2D eigenvalue weighted by Crippen LogP contribution is 2.42. The molecule has 0 spiro atoms.